The molecule has 1 aromatic rings. The van der Waals surface area contributed by atoms with Crippen molar-refractivity contribution in [2.24, 2.45) is 0 Å². The van der Waals surface area contributed by atoms with Crippen molar-refractivity contribution in [3.63, 3.8) is 0 Å². The van der Waals surface area contributed by atoms with E-state index in [1.807, 2.05) is 42.1 Å². The fourth-order valence-electron chi connectivity index (χ4n) is 1.39. The Labute approximate surface area is 107 Å². The highest BCUT2D eigenvalue weighted by Gasteiger charge is 2.03. The number of hydrogen-bond donors (Lipinski definition) is 1. The van der Waals surface area contributed by atoms with Crippen molar-refractivity contribution in [2.45, 2.75) is 18.7 Å². The first-order valence-corrected chi connectivity index (χ1v) is 6.88. The number of nitrogens with one attached hydrogen (secondary N) is 1. The molecule has 0 amide bonds. The summed E-state index contributed by atoms with van der Waals surface area (Å²) in [4.78, 5) is 0. The highest BCUT2D eigenvalue weighted by atomic mass is 32.2. The van der Waals surface area contributed by atoms with Crippen LogP contribution in [-0.4, -0.2) is 24.7 Å². The summed E-state index contributed by atoms with van der Waals surface area (Å²) in [5.74, 6) is 0.790. The Bertz CT molecular complexity index is 376. The Balaban J connectivity index is 2.49. The number of para-hydroxylation sites is 1. The van der Waals surface area contributed by atoms with Crippen molar-refractivity contribution in [3.8, 4) is 11.8 Å². The van der Waals surface area contributed by atoms with Crippen LogP contribution in [0.15, 0.2) is 24.3 Å². The van der Waals surface area contributed by atoms with Crippen LogP contribution in [0.4, 0.5) is 0 Å². The number of nitrogens with zero attached hydrogens (tertiary/aromatic N) is 1. The minimum absolute atomic E-state index is 0.0955. The quantitative estimate of drug-likeness (QED) is 0.807. The maximum Gasteiger partial charge on any atom is 0.174 e. The molecule has 0 aliphatic rings. The van der Waals surface area contributed by atoms with Crippen molar-refractivity contribution in [2.75, 3.05) is 19.4 Å². The van der Waals surface area contributed by atoms with E-state index >= 15 is 0 Å². The van der Waals surface area contributed by atoms with Crippen molar-refractivity contribution in [3.05, 3.63) is 29.8 Å². The molecule has 0 radical (unpaired) electrons. The molecule has 0 aliphatic heterocycles. The van der Waals surface area contributed by atoms with Crippen LogP contribution < -0.4 is 10.1 Å². The molecule has 4 heteroatoms. The molecule has 92 valence electrons. The normalized spacial score (nSPS) is 11.8. The third-order valence-electron chi connectivity index (χ3n) is 2.41. The van der Waals surface area contributed by atoms with E-state index in [9.17, 15) is 0 Å². The monoisotopic (exact) mass is 250 g/mol. The van der Waals surface area contributed by atoms with E-state index < -0.39 is 0 Å². The minimum atomic E-state index is 0.0955. The van der Waals surface area contributed by atoms with Gasteiger partial charge in [0.15, 0.2) is 6.61 Å². The summed E-state index contributed by atoms with van der Waals surface area (Å²) in [5, 5.41) is 12.5. The Hall–Kier alpha value is -1.18. The van der Waals surface area contributed by atoms with Gasteiger partial charge in [-0.15, -0.1) is 0 Å². The molecule has 0 saturated heterocycles. The Morgan fingerprint density at radius 1 is 1.47 bits per heavy atom. The summed E-state index contributed by atoms with van der Waals surface area (Å²) in [6.45, 7) is 4.02. The molecule has 0 saturated carbocycles. The molecule has 1 unspecified atom stereocenters. The molecule has 3 nitrogen and oxygen atoms in total. The lowest BCUT2D eigenvalue weighted by atomic mass is 10.2. The van der Waals surface area contributed by atoms with Crippen LogP contribution >= 0.6 is 11.8 Å². The van der Waals surface area contributed by atoms with Gasteiger partial charge < -0.3 is 10.1 Å². The Kier molecular flexibility index (Phi) is 6.53. The van der Waals surface area contributed by atoms with E-state index in [0.717, 1.165) is 24.4 Å². The lowest BCUT2D eigenvalue weighted by molar-refractivity contribution is 0.362. The largest absolute Gasteiger partial charge is 0.478 e. The third kappa shape index (κ3) is 5.12. The number of nitriles is 1. The molecule has 0 aliphatic carbocycles. The van der Waals surface area contributed by atoms with Crippen LogP contribution in [0, 0.1) is 11.3 Å². The number of rotatable bonds is 7. The fourth-order valence-corrected chi connectivity index (χ4v) is 1.68. The zero-order valence-corrected chi connectivity index (χ0v) is 11.1. The molecule has 0 aromatic heterocycles. The maximum absolute atomic E-state index is 8.51. The smallest absolute Gasteiger partial charge is 0.174 e. The molecule has 0 spiro atoms. The van der Waals surface area contributed by atoms with Crippen molar-refractivity contribution < 1.29 is 4.74 Å². The molecule has 0 heterocycles. The first-order chi connectivity index (χ1) is 8.27. The van der Waals surface area contributed by atoms with Crippen molar-refractivity contribution >= 4 is 11.8 Å². The second-order valence-electron chi connectivity index (χ2n) is 3.73. The van der Waals surface area contributed by atoms with Gasteiger partial charge in [-0.05, 0) is 12.3 Å². The van der Waals surface area contributed by atoms with Crippen LogP contribution in [0.2, 0.25) is 0 Å². The number of ether oxygens (including phenoxy) is 1. The Morgan fingerprint density at radius 3 is 2.94 bits per heavy atom. The van der Waals surface area contributed by atoms with Crippen LogP contribution in [0.1, 0.15) is 12.5 Å². The lowest BCUT2D eigenvalue weighted by Crippen LogP contribution is -2.22. The number of hydrogen-bond acceptors (Lipinski definition) is 4. The molecule has 1 rings (SSSR count). The van der Waals surface area contributed by atoms with Crippen molar-refractivity contribution in [1.29, 1.82) is 5.26 Å². The summed E-state index contributed by atoms with van der Waals surface area (Å²) in [7, 11) is 0. The average molecular weight is 250 g/mol. The van der Waals surface area contributed by atoms with Gasteiger partial charge in [-0.2, -0.15) is 17.0 Å². The highest BCUT2D eigenvalue weighted by molar-refractivity contribution is 7.99. The average Bonchev–Trinajstić information content (AvgIpc) is 2.37. The number of thioether (sulfide) groups is 1. The zero-order valence-electron chi connectivity index (χ0n) is 10.3. The van der Waals surface area contributed by atoms with Gasteiger partial charge in [0.25, 0.3) is 0 Å². The molecular weight excluding hydrogens is 232 g/mol. The van der Waals surface area contributed by atoms with Gasteiger partial charge in [-0.3, -0.25) is 0 Å². The summed E-state index contributed by atoms with van der Waals surface area (Å²) in [5.41, 5.74) is 1.09. The molecule has 17 heavy (non-hydrogen) atoms. The van der Waals surface area contributed by atoms with Crippen LogP contribution in [0.25, 0.3) is 0 Å². The molecule has 1 aromatic carbocycles. The highest BCUT2D eigenvalue weighted by Crippen LogP contribution is 2.17. The third-order valence-corrected chi connectivity index (χ3v) is 3.39. The predicted molar refractivity (Wildman–Crippen MR) is 72.2 cm³/mol. The van der Waals surface area contributed by atoms with Gasteiger partial charge in [0.2, 0.25) is 0 Å². The second kappa shape index (κ2) is 7.99. The van der Waals surface area contributed by atoms with Gasteiger partial charge in [-0.25, -0.2) is 0 Å². The maximum atomic E-state index is 8.51. The van der Waals surface area contributed by atoms with E-state index in [1.165, 1.54) is 0 Å². The fraction of sp³-hybridized carbons (Fsp3) is 0.462. The summed E-state index contributed by atoms with van der Waals surface area (Å²) in [6.07, 6.45) is 2.11. The van der Waals surface area contributed by atoms with Gasteiger partial charge in [-0.1, -0.05) is 25.1 Å². The first kappa shape index (κ1) is 13.9. The van der Waals surface area contributed by atoms with Gasteiger partial charge >= 0.3 is 0 Å². The van der Waals surface area contributed by atoms with Gasteiger partial charge in [0.1, 0.15) is 11.8 Å². The van der Waals surface area contributed by atoms with Crippen molar-refractivity contribution in [1.82, 2.24) is 5.32 Å². The van der Waals surface area contributed by atoms with Gasteiger partial charge in [0, 0.05) is 23.9 Å². The Morgan fingerprint density at radius 2 is 2.24 bits per heavy atom. The van der Waals surface area contributed by atoms with Crippen LogP contribution in [-0.2, 0) is 6.54 Å². The second-order valence-corrected chi connectivity index (χ2v) is 5.01. The molecular formula is C13H18N2OS. The van der Waals surface area contributed by atoms with E-state index in [0.29, 0.717) is 5.25 Å². The summed E-state index contributed by atoms with van der Waals surface area (Å²) in [6, 6.07) is 9.79. The molecule has 1 atom stereocenters. The predicted octanol–water partition coefficient (Wildman–Crippen LogP) is 2.43. The molecule has 0 fully saturated rings. The van der Waals surface area contributed by atoms with E-state index in [-0.39, 0.29) is 6.61 Å². The van der Waals surface area contributed by atoms with Crippen LogP contribution in [0.3, 0.4) is 0 Å². The van der Waals surface area contributed by atoms with Crippen LogP contribution in [0.5, 0.6) is 5.75 Å². The zero-order chi connectivity index (χ0) is 12.5. The SMILES string of the molecule is CSC(C)CNCc1ccccc1OCC#N. The van der Waals surface area contributed by atoms with E-state index in [2.05, 4.69) is 18.5 Å². The topological polar surface area (TPSA) is 45.0 Å². The minimum Gasteiger partial charge on any atom is -0.478 e. The molecule has 0 bridgehead atoms. The van der Waals surface area contributed by atoms with E-state index in [4.69, 9.17) is 10.00 Å². The standard InChI is InChI=1S/C13H18N2OS/c1-11(17-2)9-15-10-12-5-3-4-6-13(12)16-8-7-14/h3-6,11,15H,8-10H2,1-2H3. The van der Waals surface area contributed by atoms with E-state index in [1.54, 1.807) is 0 Å². The first-order valence-electron chi connectivity index (χ1n) is 5.59. The number of benzene rings is 1. The molecule has 1 N–H and O–H groups in total. The summed E-state index contributed by atoms with van der Waals surface area (Å²) < 4.78 is 5.36. The summed E-state index contributed by atoms with van der Waals surface area (Å²) >= 11 is 1.84. The van der Waals surface area contributed by atoms with Gasteiger partial charge in [0.05, 0.1) is 0 Å². The lowest BCUT2D eigenvalue weighted by Gasteiger charge is -2.12.